The number of benzene rings is 2. The summed E-state index contributed by atoms with van der Waals surface area (Å²) < 4.78 is 0. The fourth-order valence-electron chi connectivity index (χ4n) is 5.03. The molecule has 0 saturated carbocycles. The Bertz CT molecular complexity index is 1360. The summed E-state index contributed by atoms with van der Waals surface area (Å²) in [7, 11) is 0. The number of halogens is 1. The zero-order valence-corrected chi connectivity index (χ0v) is 23.5. The molecule has 204 valence electrons. The van der Waals surface area contributed by atoms with Gasteiger partial charge < -0.3 is 14.9 Å². The molecule has 1 aliphatic rings. The van der Waals surface area contributed by atoms with Crippen LogP contribution in [0.3, 0.4) is 0 Å². The Morgan fingerprint density at radius 1 is 1.08 bits per heavy atom. The van der Waals surface area contributed by atoms with Gasteiger partial charge in [-0.15, -0.1) is 0 Å². The van der Waals surface area contributed by atoms with Gasteiger partial charge in [0.05, 0.1) is 17.0 Å². The summed E-state index contributed by atoms with van der Waals surface area (Å²) in [5.41, 5.74) is 2.89. The molecule has 7 nitrogen and oxygen atoms in total. The Kier molecular flexibility index (Phi) is 8.40. The van der Waals surface area contributed by atoms with Gasteiger partial charge in [0.25, 0.3) is 5.91 Å². The van der Waals surface area contributed by atoms with E-state index >= 15 is 0 Å². The molecule has 0 bridgehead atoms. The van der Waals surface area contributed by atoms with Gasteiger partial charge in [0.15, 0.2) is 0 Å². The second-order valence-electron chi connectivity index (χ2n) is 10.7. The Morgan fingerprint density at radius 2 is 1.74 bits per heavy atom. The third-order valence-electron chi connectivity index (χ3n) is 7.54. The van der Waals surface area contributed by atoms with Crippen LogP contribution in [0.4, 0.5) is 11.4 Å². The van der Waals surface area contributed by atoms with E-state index in [1.165, 1.54) is 0 Å². The maximum Gasteiger partial charge on any atom is 0.309 e. The quantitative estimate of drug-likeness (QED) is 0.354. The van der Waals surface area contributed by atoms with Crippen LogP contribution in [0.2, 0.25) is 5.02 Å². The second-order valence-corrected chi connectivity index (χ2v) is 11.1. The van der Waals surface area contributed by atoms with E-state index in [0.717, 1.165) is 16.8 Å². The predicted molar refractivity (Wildman–Crippen MR) is 154 cm³/mol. The van der Waals surface area contributed by atoms with Crippen molar-refractivity contribution in [1.29, 1.82) is 0 Å². The number of carboxylic acid groups (broad SMARTS) is 1. The van der Waals surface area contributed by atoms with Crippen molar-refractivity contribution in [3.8, 4) is 0 Å². The Balaban J connectivity index is 1.57. The minimum atomic E-state index is -0.825. The van der Waals surface area contributed by atoms with Gasteiger partial charge in [0.1, 0.15) is 0 Å². The number of amides is 2. The van der Waals surface area contributed by atoms with Gasteiger partial charge in [-0.25, -0.2) is 0 Å². The number of nitrogens with zero attached hydrogens (tertiary/aromatic N) is 3. The first-order valence-corrected chi connectivity index (χ1v) is 13.6. The minimum absolute atomic E-state index is 0.0401. The van der Waals surface area contributed by atoms with Crippen molar-refractivity contribution < 1.29 is 19.5 Å². The Morgan fingerprint density at radius 3 is 2.36 bits per heavy atom. The van der Waals surface area contributed by atoms with Gasteiger partial charge >= 0.3 is 5.97 Å². The molecule has 0 unspecified atom stereocenters. The highest BCUT2D eigenvalue weighted by molar-refractivity contribution is 6.30. The van der Waals surface area contributed by atoms with Gasteiger partial charge in [0, 0.05) is 46.8 Å². The highest BCUT2D eigenvalue weighted by atomic mass is 35.5. The maximum atomic E-state index is 13.8. The average molecular weight is 548 g/mol. The van der Waals surface area contributed by atoms with Gasteiger partial charge in [-0.2, -0.15) is 0 Å². The van der Waals surface area contributed by atoms with E-state index in [1.54, 1.807) is 66.4 Å². The number of hydrogen-bond acceptors (Lipinski definition) is 4. The number of fused-ring (bicyclic) bond motifs is 1. The Hall–Kier alpha value is -3.71. The number of carbonyl (C=O) groups is 3. The third kappa shape index (κ3) is 5.98. The molecule has 2 aromatic carbocycles. The summed E-state index contributed by atoms with van der Waals surface area (Å²) in [5.74, 6) is -1.46. The Labute approximate surface area is 234 Å². The lowest BCUT2D eigenvalue weighted by atomic mass is 9.85. The number of anilines is 2. The number of rotatable bonds is 8. The van der Waals surface area contributed by atoms with Crippen LogP contribution >= 0.6 is 11.6 Å². The molecule has 0 radical (unpaired) electrons. The number of aryl methyl sites for hydroxylation is 1. The van der Waals surface area contributed by atoms with Crippen molar-refractivity contribution in [2.75, 3.05) is 16.3 Å². The predicted octanol–water partition coefficient (Wildman–Crippen LogP) is 6.35. The van der Waals surface area contributed by atoms with E-state index in [9.17, 15) is 19.5 Å². The van der Waals surface area contributed by atoms with Crippen LogP contribution in [0, 0.1) is 5.41 Å². The zero-order chi connectivity index (χ0) is 28.3. The molecule has 2 atom stereocenters. The standard InChI is InChI=1S/C31H34ClN3O4/c1-5-34(24-12-10-23(32)11-13-24)29(37)25-18-20(2)35(27-15-17-33-19-26(25)27)28(36)22-8-6-21(7-9-22)14-16-31(3,4)30(38)39/h6-13,15,17,19-20,25H,5,14,16,18H2,1-4H3,(H,38,39)/t20-,25-/m0/s1. The first kappa shape index (κ1) is 28.3. The topological polar surface area (TPSA) is 90.8 Å². The van der Waals surface area contributed by atoms with Crippen LogP contribution in [0.25, 0.3) is 0 Å². The fourth-order valence-corrected chi connectivity index (χ4v) is 5.16. The van der Waals surface area contributed by atoms with Gasteiger partial charge in [0.2, 0.25) is 5.91 Å². The number of aromatic nitrogens is 1. The van der Waals surface area contributed by atoms with Crippen molar-refractivity contribution in [3.63, 3.8) is 0 Å². The molecule has 0 fully saturated rings. The number of likely N-dealkylation sites (N-methyl/N-ethyl adjacent to an activating group) is 1. The molecule has 0 aliphatic carbocycles. The lowest BCUT2D eigenvalue weighted by Gasteiger charge is -2.40. The molecule has 1 N–H and O–H groups in total. The van der Waals surface area contributed by atoms with Crippen LogP contribution in [0.15, 0.2) is 67.0 Å². The van der Waals surface area contributed by atoms with Crippen molar-refractivity contribution in [2.24, 2.45) is 5.41 Å². The van der Waals surface area contributed by atoms with Gasteiger partial charge in [-0.3, -0.25) is 19.4 Å². The fraction of sp³-hybridized carbons (Fsp3) is 0.355. The van der Waals surface area contributed by atoms with E-state index in [0.29, 0.717) is 42.1 Å². The lowest BCUT2D eigenvalue weighted by Crippen LogP contribution is -2.47. The molecule has 2 amide bonds. The molecule has 8 heteroatoms. The monoisotopic (exact) mass is 547 g/mol. The van der Waals surface area contributed by atoms with Crippen LogP contribution in [-0.2, 0) is 16.0 Å². The van der Waals surface area contributed by atoms with Crippen LogP contribution < -0.4 is 9.80 Å². The van der Waals surface area contributed by atoms with E-state index in [4.69, 9.17) is 11.6 Å². The van der Waals surface area contributed by atoms with E-state index < -0.39 is 17.3 Å². The van der Waals surface area contributed by atoms with Crippen molar-refractivity contribution in [2.45, 2.75) is 58.9 Å². The van der Waals surface area contributed by atoms with Gasteiger partial charge in [-0.05, 0) is 95.0 Å². The molecule has 0 spiro atoms. The zero-order valence-electron chi connectivity index (χ0n) is 22.7. The lowest BCUT2D eigenvalue weighted by molar-refractivity contribution is -0.147. The molecular formula is C31H34ClN3O4. The van der Waals surface area contributed by atoms with Crippen molar-refractivity contribution >= 4 is 40.8 Å². The first-order chi connectivity index (χ1) is 18.5. The van der Waals surface area contributed by atoms with E-state index in [-0.39, 0.29) is 17.9 Å². The van der Waals surface area contributed by atoms with Crippen LogP contribution in [0.5, 0.6) is 0 Å². The number of aliphatic carboxylic acids is 1. The highest BCUT2D eigenvalue weighted by Gasteiger charge is 2.39. The summed E-state index contributed by atoms with van der Waals surface area (Å²) in [5, 5.41) is 9.97. The largest absolute Gasteiger partial charge is 0.481 e. The first-order valence-electron chi connectivity index (χ1n) is 13.2. The molecule has 4 rings (SSSR count). The molecule has 0 saturated heterocycles. The van der Waals surface area contributed by atoms with Crippen molar-refractivity contribution in [1.82, 2.24) is 4.98 Å². The highest BCUT2D eigenvalue weighted by Crippen LogP contribution is 2.40. The summed E-state index contributed by atoms with van der Waals surface area (Å²) in [4.78, 5) is 46.7. The normalized spacial score (nSPS) is 16.9. The number of carboxylic acids is 1. The second kappa shape index (κ2) is 11.6. The van der Waals surface area contributed by atoms with E-state index in [1.807, 2.05) is 38.1 Å². The van der Waals surface area contributed by atoms with Crippen molar-refractivity contribution in [3.05, 3.63) is 88.7 Å². The summed E-state index contributed by atoms with van der Waals surface area (Å²) in [6, 6.07) is 16.1. The molecule has 3 aromatic rings. The average Bonchev–Trinajstić information content (AvgIpc) is 2.92. The SMILES string of the molecule is CCN(C(=O)[C@H]1C[C@H](C)N(C(=O)c2ccc(CCC(C)(C)C(=O)O)cc2)c2ccncc21)c1ccc(Cl)cc1. The van der Waals surface area contributed by atoms with Crippen LogP contribution in [0.1, 0.15) is 67.9 Å². The molecular weight excluding hydrogens is 514 g/mol. The van der Waals surface area contributed by atoms with Crippen LogP contribution in [-0.4, -0.2) is 40.5 Å². The maximum absolute atomic E-state index is 13.8. The smallest absolute Gasteiger partial charge is 0.309 e. The molecule has 1 aromatic heterocycles. The molecule has 39 heavy (non-hydrogen) atoms. The number of pyridine rings is 1. The summed E-state index contributed by atoms with van der Waals surface area (Å²) >= 11 is 6.05. The third-order valence-corrected chi connectivity index (χ3v) is 7.79. The summed E-state index contributed by atoms with van der Waals surface area (Å²) in [6.07, 6.45) is 4.90. The molecule has 2 heterocycles. The van der Waals surface area contributed by atoms with Gasteiger partial charge in [-0.1, -0.05) is 23.7 Å². The summed E-state index contributed by atoms with van der Waals surface area (Å²) in [6.45, 7) is 7.82. The van der Waals surface area contributed by atoms with E-state index in [2.05, 4.69) is 4.98 Å². The number of carbonyl (C=O) groups excluding carboxylic acids is 2. The number of hydrogen-bond donors (Lipinski definition) is 1. The molecule has 1 aliphatic heterocycles. The minimum Gasteiger partial charge on any atom is -0.481 e.